The SMILES string of the molecule is CN=C(N)NCCCCC(=O)NS(C)(=O)=O. The first-order chi connectivity index (χ1) is 7.35. The van der Waals surface area contributed by atoms with Crippen molar-refractivity contribution < 1.29 is 13.2 Å². The molecule has 0 aromatic rings. The van der Waals surface area contributed by atoms with Crippen molar-refractivity contribution in [3.8, 4) is 0 Å². The van der Waals surface area contributed by atoms with Gasteiger partial charge in [0.25, 0.3) is 0 Å². The van der Waals surface area contributed by atoms with E-state index in [2.05, 4.69) is 10.3 Å². The molecule has 0 heterocycles. The van der Waals surface area contributed by atoms with E-state index in [0.29, 0.717) is 25.3 Å². The van der Waals surface area contributed by atoms with E-state index in [1.165, 1.54) is 0 Å². The predicted octanol–water partition coefficient (Wildman–Crippen LogP) is -1.23. The van der Waals surface area contributed by atoms with Crippen LogP contribution in [-0.2, 0) is 14.8 Å². The quantitative estimate of drug-likeness (QED) is 0.310. The maximum Gasteiger partial charge on any atom is 0.233 e. The summed E-state index contributed by atoms with van der Waals surface area (Å²) in [6.45, 7) is 0.606. The molecule has 7 nitrogen and oxygen atoms in total. The Morgan fingerprint density at radius 3 is 2.50 bits per heavy atom. The minimum absolute atomic E-state index is 0.178. The Bertz CT molecular complexity index is 350. The third-order valence-corrected chi connectivity index (χ3v) is 2.28. The molecule has 0 spiro atoms. The van der Waals surface area contributed by atoms with Gasteiger partial charge in [0, 0.05) is 20.0 Å². The summed E-state index contributed by atoms with van der Waals surface area (Å²) >= 11 is 0. The predicted molar refractivity (Wildman–Crippen MR) is 62.4 cm³/mol. The van der Waals surface area contributed by atoms with Crippen LogP contribution in [0.15, 0.2) is 4.99 Å². The largest absolute Gasteiger partial charge is 0.370 e. The molecule has 0 aliphatic heterocycles. The summed E-state index contributed by atoms with van der Waals surface area (Å²) < 4.78 is 23.3. The number of carbonyl (C=O) groups is 1. The fraction of sp³-hybridized carbons (Fsp3) is 0.750. The number of hydrogen-bond acceptors (Lipinski definition) is 4. The van der Waals surface area contributed by atoms with Crippen molar-refractivity contribution in [1.29, 1.82) is 0 Å². The maximum absolute atomic E-state index is 11.1. The Morgan fingerprint density at radius 1 is 1.38 bits per heavy atom. The molecule has 0 atom stereocenters. The molecule has 94 valence electrons. The first-order valence-corrected chi connectivity index (χ1v) is 6.71. The van der Waals surface area contributed by atoms with Crippen LogP contribution in [0.25, 0.3) is 0 Å². The fourth-order valence-electron chi connectivity index (χ4n) is 0.964. The van der Waals surface area contributed by atoms with Crippen LogP contribution in [0, 0.1) is 0 Å². The molecule has 0 aliphatic carbocycles. The number of nitrogens with one attached hydrogen (secondary N) is 2. The Balaban J connectivity index is 3.57. The standard InChI is InChI=1S/C8H18N4O3S/c1-10-8(9)11-6-4-3-5-7(13)12-16(2,14)15/h3-6H2,1-2H3,(H,12,13)(H3,9,10,11). The average Bonchev–Trinajstić information content (AvgIpc) is 2.14. The van der Waals surface area contributed by atoms with Crippen LogP contribution in [0.3, 0.4) is 0 Å². The number of amides is 1. The monoisotopic (exact) mass is 250 g/mol. The van der Waals surface area contributed by atoms with Gasteiger partial charge >= 0.3 is 0 Å². The van der Waals surface area contributed by atoms with E-state index in [1.54, 1.807) is 7.05 Å². The lowest BCUT2D eigenvalue weighted by Crippen LogP contribution is -2.32. The van der Waals surface area contributed by atoms with Gasteiger partial charge < -0.3 is 11.1 Å². The van der Waals surface area contributed by atoms with Crippen molar-refractivity contribution in [1.82, 2.24) is 10.0 Å². The van der Waals surface area contributed by atoms with Crippen LogP contribution in [0.5, 0.6) is 0 Å². The first-order valence-electron chi connectivity index (χ1n) is 4.82. The van der Waals surface area contributed by atoms with Crippen molar-refractivity contribution in [3.05, 3.63) is 0 Å². The lowest BCUT2D eigenvalue weighted by molar-refractivity contribution is -0.119. The maximum atomic E-state index is 11.1. The van der Waals surface area contributed by atoms with E-state index in [-0.39, 0.29) is 6.42 Å². The second-order valence-electron chi connectivity index (χ2n) is 3.29. The zero-order valence-electron chi connectivity index (χ0n) is 9.49. The van der Waals surface area contributed by atoms with Gasteiger partial charge in [-0.15, -0.1) is 0 Å². The van der Waals surface area contributed by atoms with Gasteiger partial charge in [-0.2, -0.15) is 0 Å². The number of hydrogen-bond donors (Lipinski definition) is 3. The zero-order valence-corrected chi connectivity index (χ0v) is 10.3. The van der Waals surface area contributed by atoms with Crippen molar-refractivity contribution in [3.63, 3.8) is 0 Å². The molecule has 0 saturated carbocycles. The molecule has 0 bridgehead atoms. The van der Waals surface area contributed by atoms with Crippen LogP contribution in [-0.4, -0.2) is 40.1 Å². The van der Waals surface area contributed by atoms with E-state index in [4.69, 9.17) is 5.73 Å². The smallest absolute Gasteiger partial charge is 0.233 e. The molecule has 0 aliphatic rings. The van der Waals surface area contributed by atoms with Gasteiger partial charge in [0.2, 0.25) is 15.9 Å². The number of unbranched alkanes of at least 4 members (excludes halogenated alkanes) is 1. The van der Waals surface area contributed by atoms with Crippen LogP contribution in [0.4, 0.5) is 0 Å². The van der Waals surface area contributed by atoms with Crippen LogP contribution in [0.2, 0.25) is 0 Å². The van der Waals surface area contributed by atoms with Gasteiger partial charge in [-0.05, 0) is 12.8 Å². The molecule has 4 N–H and O–H groups in total. The first kappa shape index (κ1) is 14.7. The summed E-state index contributed by atoms with van der Waals surface area (Å²) in [7, 11) is -1.87. The van der Waals surface area contributed by atoms with Crippen molar-refractivity contribution >= 4 is 21.9 Å². The number of carbonyl (C=O) groups excluding carboxylic acids is 1. The Labute approximate surface area is 95.6 Å². The molecular formula is C8H18N4O3S. The Hall–Kier alpha value is -1.31. The highest BCUT2D eigenvalue weighted by Crippen LogP contribution is 1.94. The number of guanidine groups is 1. The average molecular weight is 250 g/mol. The highest BCUT2D eigenvalue weighted by Gasteiger charge is 2.07. The zero-order chi connectivity index (χ0) is 12.6. The number of nitrogens with two attached hydrogens (primary N) is 1. The molecule has 16 heavy (non-hydrogen) atoms. The van der Waals surface area contributed by atoms with Gasteiger partial charge in [-0.1, -0.05) is 0 Å². The van der Waals surface area contributed by atoms with Gasteiger partial charge in [0.15, 0.2) is 5.96 Å². The van der Waals surface area contributed by atoms with E-state index < -0.39 is 15.9 Å². The van der Waals surface area contributed by atoms with E-state index in [0.717, 1.165) is 6.26 Å². The lowest BCUT2D eigenvalue weighted by Gasteiger charge is -2.04. The van der Waals surface area contributed by atoms with Crippen molar-refractivity contribution in [2.75, 3.05) is 19.8 Å². The molecule has 0 saturated heterocycles. The van der Waals surface area contributed by atoms with Gasteiger partial charge in [-0.3, -0.25) is 14.5 Å². The summed E-state index contributed by atoms with van der Waals surface area (Å²) in [5.74, 6) is -0.139. The fourth-order valence-corrected chi connectivity index (χ4v) is 1.48. The number of aliphatic imine (C=N–C) groups is 1. The topological polar surface area (TPSA) is 114 Å². The van der Waals surface area contributed by atoms with Crippen LogP contribution >= 0.6 is 0 Å². The molecule has 8 heteroatoms. The molecule has 0 rings (SSSR count). The van der Waals surface area contributed by atoms with Crippen LogP contribution < -0.4 is 15.8 Å². The number of sulfonamides is 1. The van der Waals surface area contributed by atoms with Crippen molar-refractivity contribution in [2.24, 2.45) is 10.7 Å². The van der Waals surface area contributed by atoms with E-state index in [1.807, 2.05) is 4.72 Å². The second-order valence-corrected chi connectivity index (χ2v) is 5.04. The summed E-state index contributed by atoms with van der Waals surface area (Å²) in [6.07, 6.45) is 2.43. The molecular weight excluding hydrogens is 232 g/mol. The van der Waals surface area contributed by atoms with Gasteiger partial charge in [0.05, 0.1) is 6.26 Å². The lowest BCUT2D eigenvalue weighted by atomic mass is 10.2. The molecule has 0 fully saturated rings. The minimum Gasteiger partial charge on any atom is -0.370 e. The van der Waals surface area contributed by atoms with Crippen molar-refractivity contribution in [2.45, 2.75) is 19.3 Å². The molecule has 1 amide bonds. The molecule has 0 unspecified atom stereocenters. The third-order valence-electron chi connectivity index (χ3n) is 1.68. The Morgan fingerprint density at radius 2 is 2.00 bits per heavy atom. The van der Waals surface area contributed by atoms with Gasteiger partial charge in [-0.25, -0.2) is 8.42 Å². The highest BCUT2D eigenvalue weighted by atomic mass is 32.2. The Kier molecular flexibility index (Phi) is 6.47. The summed E-state index contributed by atoms with van der Waals surface area (Å²) in [6, 6.07) is 0. The second kappa shape index (κ2) is 7.04. The normalized spacial score (nSPS) is 12.2. The molecule has 0 aromatic heterocycles. The summed E-state index contributed by atoms with van der Waals surface area (Å²) in [5.41, 5.74) is 5.38. The summed E-state index contributed by atoms with van der Waals surface area (Å²) in [5, 5.41) is 2.83. The van der Waals surface area contributed by atoms with E-state index >= 15 is 0 Å². The summed E-state index contributed by atoms with van der Waals surface area (Å²) in [4.78, 5) is 14.7. The third kappa shape index (κ3) is 9.25. The number of nitrogens with zero attached hydrogens (tertiary/aromatic N) is 1. The highest BCUT2D eigenvalue weighted by molar-refractivity contribution is 7.89. The molecule has 0 radical (unpaired) electrons. The van der Waals surface area contributed by atoms with E-state index in [9.17, 15) is 13.2 Å². The minimum atomic E-state index is -3.44. The number of rotatable bonds is 6. The van der Waals surface area contributed by atoms with Gasteiger partial charge in [0.1, 0.15) is 0 Å². The molecule has 0 aromatic carbocycles. The van der Waals surface area contributed by atoms with Crippen LogP contribution in [0.1, 0.15) is 19.3 Å².